The first-order chi connectivity index (χ1) is 17.1. The van der Waals surface area contributed by atoms with E-state index in [4.69, 9.17) is 14.5 Å². The van der Waals surface area contributed by atoms with Crippen molar-refractivity contribution in [3.63, 3.8) is 0 Å². The molecular formula is C27H36N4O5. The summed E-state index contributed by atoms with van der Waals surface area (Å²) < 4.78 is 14.9. The van der Waals surface area contributed by atoms with Gasteiger partial charge in [0, 0.05) is 37.5 Å². The smallest absolute Gasteiger partial charge is 0.326 e. The molecule has 0 spiro atoms. The van der Waals surface area contributed by atoms with Gasteiger partial charge >= 0.3 is 5.97 Å². The zero-order chi connectivity index (χ0) is 26.0. The van der Waals surface area contributed by atoms with Crippen molar-refractivity contribution in [3.05, 3.63) is 51.9 Å². The Morgan fingerprint density at radius 1 is 1.31 bits per heavy atom. The number of aromatic nitrogens is 3. The zero-order valence-electron chi connectivity index (χ0n) is 21.7. The van der Waals surface area contributed by atoms with E-state index >= 15 is 0 Å². The first-order valence-electron chi connectivity index (χ1n) is 12.5. The van der Waals surface area contributed by atoms with Crippen molar-refractivity contribution in [2.45, 2.75) is 78.0 Å². The summed E-state index contributed by atoms with van der Waals surface area (Å²) in [5.74, 6) is 0.306. The molecular weight excluding hydrogens is 460 g/mol. The van der Waals surface area contributed by atoms with Crippen LogP contribution in [-0.2, 0) is 34.4 Å². The number of aliphatic hydroxyl groups excluding tert-OH is 1. The summed E-state index contributed by atoms with van der Waals surface area (Å²) in [6, 6.07) is 7.05. The minimum Gasteiger partial charge on any atom is -0.462 e. The van der Waals surface area contributed by atoms with Crippen molar-refractivity contribution in [2.24, 2.45) is 7.05 Å². The lowest BCUT2D eigenvalue weighted by Gasteiger charge is -2.21. The second-order valence-corrected chi connectivity index (χ2v) is 9.92. The molecule has 0 aliphatic carbocycles. The normalized spacial score (nSPS) is 17.6. The molecule has 0 amide bonds. The number of nitrogens with one attached hydrogen (secondary N) is 1. The number of hydrogen-bond acceptors (Lipinski definition) is 7. The van der Waals surface area contributed by atoms with Gasteiger partial charge in [-0.15, -0.1) is 0 Å². The molecule has 0 bridgehead atoms. The van der Waals surface area contributed by atoms with Crippen LogP contribution in [0, 0.1) is 6.92 Å². The molecule has 1 aliphatic heterocycles. The van der Waals surface area contributed by atoms with Crippen LogP contribution in [0.4, 0.5) is 0 Å². The minimum absolute atomic E-state index is 0.0300. The SMILES string of the molecule is Cc1cc(-c2nc3cc(CN[C@H](C(=O)OC(C)C)[C@@H](C)O)ccc3n2CC2CCCO2)cn(C)c1=O. The molecule has 2 N–H and O–H groups in total. The maximum atomic E-state index is 12.4. The largest absolute Gasteiger partial charge is 0.462 e. The maximum absolute atomic E-state index is 12.4. The van der Waals surface area contributed by atoms with Gasteiger partial charge in [-0.05, 0) is 64.3 Å². The van der Waals surface area contributed by atoms with Gasteiger partial charge in [-0.1, -0.05) is 6.07 Å². The van der Waals surface area contributed by atoms with Crippen LogP contribution in [0.2, 0.25) is 0 Å². The maximum Gasteiger partial charge on any atom is 0.326 e. The third kappa shape index (κ3) is 5.69. The number of esters is 1. The lowest BCUT2D eigenvalue weighted by molar-refractivity contribution is -0.152. The van der Waals surface area contributed by atoms with Gasteiger partial charge in [-0.3, -0.25) is 14.9 Å². The fraction of sp³-hybridized carbons (Fsp3) is 0.519. The number of hydrogen-bond donors (Lipinski definition) is 2. The molecule has 1 aliphatic rings. The molecule has 2 aromatic heterocycles. The first kappa shape index (κ1) is 26.1. The summed E-state index contributed by atoms with van der Waals surface area (Å²) in [4.78, 5) is 29.6. The van der Waals surface area contributed by atoms with Gasteiger partial charge in [0.25, 0.3) is 5.56 Å². The second-order valence-electron chi connectivity index (χ2n) is 9.92. The lowest BCUT2D eigenvalue weighted by atomic mass is 10.1. The summed E-state index contributed by atoms with van der Waals surface area (Å²) in [6.07, 6.45) is 2.83. The third-order valence-electron chi connectivity index (χ3n) is 6.46. The molecule has 0 radical (unpaired) electrons. The average molecular weight is 497 g/mol. The van der Waals surface area contributed by atoms with E-state index in [1.807, 2.05) is 37.4 Å². The van der Waals surface area contributed by atoms with Gasteiger partial charge in [0.1, 0.15) is 11.9 Å². The molecule has 9 heteroatoms. The summed E-state index contributed by atoms with van der Waals surface area (Å²) >= 11 is 0. The number of ether oxygens (including phenoxy) is 2. The van der Waals surface area contributed by atoms with Crippen LogP contribution in [0.15, 0.2) is 35.3 Å². The Hall–Kier alpha value is -3.01. The topological polar surface area (TPSA) is 108 Å². The Bertz CT molecular complexity index is 1260. The van der Waals surface area contributed by atoms with E-state index in [9.17, 15) is 14.7 Å². The number of nitrogens with zero attached hydrogens (tertiary/aromatic N) is 3. The van der Waals surface area contributed by atoms with Crippen LogP contribution in [0.3, 0.4) is 0 Å². The van der Waals surface area contributed by atoms with Gasteiger partial charge in [0.05, 0.1) is 35.9 Å². The van der Waals surface area contributed by atoms with E-state index in [2.05, 4.69) is 9.88 Å². The predicted molar refractivity (Wildman–Crippen MR) is 138 cm³/mol. The number of pyridine rings is 1. The molecule has 4 rings (SSSR count). The van der Waals surface area contributed by atoms with Crippen LogP contribution in [0.25, 0.3) is 22.4 Å². The molecule has 194 valence electrons. The molecule has 3 heterocycles. The van der Waals surface area contributed by atoms with E-state index in [1.54, 1.807) is 32.4 Å². The summed E-state index contributed by atoms with van der Waals surface area (Å²) in [6.45, 7) is 8.75. The number of imidazole rings is 1. The van der Waals surface area contributed by atoms with E-state index < -0.39 is 18.1 Å². The van der Waals surface area contributed by atoms with Crippen molar-refractivity contribution in [1.82, 2.24) is 19.4 Å². The summed E-state index contributed by atoms with van der Waals surface area (Å²) in [5, 5.41) is 13.2. The van der Waals surface area contributed by atoms with Crippen molar-refractivity contribution >= 4 is 17.0 Å². The number of carbonyl (C=O) groups is 1. The Morgan fingerprint density at radius 3 is 2.72 bits per heavy atom. The minimum atomic E-state index is -0.898. The molecule has 1 saturated heterocycles. The van der Waals surface area contributed by atoms with Crippen LogP contribution >= 0.6 is 0 Å². The van der Waals surface area contributed by atoms with E-state index in [1.165, 1.54) is 0 Å². The summed E-state index contributed by atoms with van der Waals surface area (Å²) in [5.41, 5.74) is 4.21. The van der Waals surface area contributed by atoms with Gasteiger partial charge in [-0.25, -0.2) is 4.98 Å². The van der Waals surface area contributed by atoms with Crippen LogP contribution in [-0.4, -0.2) is 56.2 Å². The Balaban J connectivity index is 1.67. The molecule has 36 heavy (non-hydrogen) atoms. The number of aliphatic hydroxyl groups is 1. The Kier molecular flexibility index (Phi) is 7.92. The average Bonchev–Trinajstić information content (AvgIpc) is 3.45. The van der Waals surface area contributed by atoms with Crippen molar-refractivity contribution < 1.29 is 19.4 Å². The highest BCUT2D eigenvalue weighted by molar-refractivity contribution is 5.81. The molecule has 0 saturated carbocycles. The van der Waals surface area contributed by atoms with Gasteiger partial charge < -0.3 is 23.7 Å². The number of rotatable bonds is 9. The molecule has 1 unspecified atom stereocenters. The fourth-order valence-corrected chi connectivity index (χ4v) is 4.67. The fourth-order valence-electron chi connectivity index (χ4n) is 4.67. The second kappa shape index (κ2) is 10.9. The standard InChI is InChI=1S/C27H36N4O5/c1-16(2)36-27(34)24(18(4)32)28-13-19-8-9-23-22(12-19)29-25(31(23)15-21-7-6-10-35-21)20-11-17(3)26(33)30(5)14-20/h8-9,11-12,14,16,18,21,24,28,32H,6-7,10,13,15H2,1-5H3/t18-,21?,24+/m1/s1. The monoisotopic (exact) mass is 496 g/mol. The number of carbonyl (C=O) groups excluding carboxylic acids is 1. The number of aryl methyl sites for hydroxylation is 2. The first-order valence-corrected chi connectivity index (χ1v) is 12.5. The Labute approximate surface area is 211 Å². The van der Waals surface area contributed by atoms with E-state index in [0.717, 1.165) is 47.4 Å². The molecule has 1 aromatic carbocycles. The van der Waals surface area contributed by atoms with Crippen molar-refractivity contribution in [1.29, 1.82) is 0 Å². The van der Waals surface area contributed by atoms with Crippen LogP contribution in [0.5, 0.6) is 0 Å². The highest BCUT2D eigenvalue weighted by atomic mass is 16.5. The molecule has 1 fully saturated rings. The molecule has 3 atom stereocenters. The Morgan fingerprint density at radius 2 is 2.08 bits per heavy atom. The number of benzene rings is 1. The molecule has 9 nitrogen and oxygen atoms in total. The third-order valence-corrected chi connectivity index (χ3v) is 6.46. The van der Waals surface area contributed by atoms with Crippen LogP contribution < -0.4 is 10.9 Å². The lowest BCUT2D eigenvalue weighted by Crippen LogP contribution is -2.46. The van der Waals surface area contributed by atoms with E-state index in [-0.39, 0.29) is 17.8 Å². The van der Waals surface area contributed by atoms with Crippen LogP contribution in [0.1, 0.15) is 44.7 Å². The van der Waals surface area contributed by atoms with Crippen molar-refractivity contribution in [3.8, 4) is 11.4 Å². The molecule has 3 aromatic rings. The predicted octanol–water partition coefficient (Wildman–Crippen LogP) is 2.68. The highest BCUT2D eigenvalue weighted by Gasteiger charge is 2.26. The van der Waals surface area contributed by atoms with Gasteiger partial charge in [0.2, 0.25) is 0 Å². The quantitative estimate of drug-likeness (QED) is 0.439. The summed E-state index contributed by atoms with van der Waals surface area (Å²) in [7, 11) is 1.75. The van der Waals surface area contributed by atoms with E-state index in [0.29, 0.717) is 18.7 Å². The van der Waals surface area contributed by atoms with Gasteiger partial charge in [0.15, 0.2) is 0 Å². The number of fused-ring (bicyclic) bond motifs is 1. The highest BCUT2D eigenvalue weighted by Crippen LogP contribution is 2.28. The van der Waals surface area contributed by atoms with Crippen molar-refractivity contribution in [2.75, 3.05) is 6.61 Å². The zero-order valence-corrected chi connectivity index (χ0v) is 21.7. The van der Waals surface area contributed by atoms with Gasteiger partial charge in [-0.2, -0.15) is 0 Å².